The number of amides is 1. The minimum Gasteiger partial charge on any atom is -0.502 e. The van der Waals surface area contributed by atoms with Gasteiger partial charge in [0.2, 0.25) is 11.7 Å². The fraction of sp³-hybridized carbons (Fsp3) is 0.269. The topological polar surface area (TPSA) is 92.5 Å². The van der Waals surface area contributed by atoms with Crippen LogP contribution < -0.4 is 14.8 Å². The Morgan fingerprint density at radius 3 is 2.47 bits per heavy atom. The predicted molar refractivity (Wildman–Crippen MR) is 132 cm³/mol. The Kier molecular flexibility index (Phi) is 7.83. The van der Waals surface area contributed by atoms with Gasteiger partial charge in [0.05, 0.1) is 26.5 Å². The van der Waals surface area contributed by atoms with E-state index in [1.807, 2.05) is 13.0 Å². The highest BCUT2D eigenvalue weighted by Gasteiger charge is 2.35. The van der Waals surface area contributed by atoms with E-state index >= 15 is 0 Å². The highest BCUT2D eigenvalue weighted by atomic mass is 19.1. The van der Waals surface area contributed by atoms with E-state index in [4.69, 9.17) is 9.47 Å². The summed E-state index contributed by atoms with van der Waals surface area (Å²) in [6.45, 7) is 9.01. The van der Waals surface area contributed by atoms with Crippen LogP contribution in [0, 0.1) is 11.7 Å². The van der Waals surface area contributed by atoms with Crippen molar-refractivity contribution in [1.29, 1.82) is 0 Å². The number of hydrogen-bond donors (Lipinski definition) is 2. The number of phenols is 1. The zero-order chi connectivity index (χ0) is 24.8. The van der Waals surface area contributed by atoms with Gasteiger partial charge in [-0.25, -0.2) is 4.39 Å². The number of benzene rings is 2. The first-order valence-corrected chi connectivity index (χ1v) is 10.7. The van der Waals surface area contributed by atoms with E-state index in [0.29, 0.717) is 5.70 Å². The molecule has 2 aromatic rings. The van der Waals surface area contributed by atoms with E-state index in [9.17, 15) is 14.3 Å². The van der Waals surface area contributed by atoms with Crippen LogP contribution in [0.1, 0.15) is 36.0 Å². The molecule has 0 bridgehead atoms. The standard InChI is InChI=1S/C26H28FN3O4/c1-15-20(8-16-9-23(33-4)26(32)24(10-16)34-5)19-7-6-17(27)11-22(19)21(15)12-25(31)30-14-18(29-3)13-28-2/h6-11,13,15,21,32H,2-3,12,14H2,1,4-5H3,(H,30,31)/b18-13-,20-8-. The molecule has 2 N–H and O–H groups in total. The minimum absolute atomic E-state index is 0.0734. The molecule has 2 atom stereocenters. The Morgan fingerprint density at radius 1 is 1.21 bits per heavy atom. The van der Waals surface area contributed by atoms with E-state index < -0.39 is 0 Å². The molecule has 0 heterocycles. The number of ether oxygens (including phenoxy) is 2. The third kappa shape index (κ3) is 5.17. The maximum atomic E-state index is 14.2. The van der Waals surface area contributed by atoms with Crippen molar-refractivity contribution < 1.29 is 23.8 Å². The van der Waals surface area contributed by atoms with Gasteiger partial charge in [0, 0.05) is 12.6 Å². The van der Waals surface area contributed by atoms with Crippen LogP contribution in [0.5, 0.6) is 17.2 Å². The summed E-state index contributed by atoms with van der Waals surface area (Å²) in [7, 11) is 2.92. The Bertz CT molecular complexity index is 1150. The summed E-state index contributed by atoms with van der Waals surface area (Å²) < 4.78 is 24.7. The maximum Gasteiger partial charge on any atom is 0.220 e. The van der Waals surface area contributed by atoms with Gasteiger partial charge < -0.3 is 19.9 Å². The molecule has 0 fully saturated rings. The van der Waals surface area contributed by atoms with Crippen molar-refractivity contribution in [2.45, 2.75) is 19.3 Å². The van der Waals surface area contributed by atoms with Crippen LogP contribution in [0.4, 0.5) is 4.39 Å². The van der Waals surface area contributed by atoms with Crippen LogP contribution in [-0.4, -0.2) is 45.2 Å². The number of carbonyl (C=O) groups is 1. The molecule has 1 aliphatic carbocycles. The number of hydrogen-bond acceptors (Lipinski definition) is 6. The fourth-order valence-corrected chi connectivity index (χ4v) is 4.22. The lowest BCUT2D eigenvalue weighted by Gasteiger charge is -2.17. The van der Waals surface area contributed by atoms with Gasteiger partial charge in [0.15, 0.2) is 11.5 Å². The number of carbonyl (C=O) groups excluding carboxylic acids is 1. The first kappa shape index (κ1) is 24.7. The summed E-state index contributed by atoms with van der Waals surface area (Å²) in [4.78, 5) is 20.2. The molecule has 178 valence electrons. The number of aliphatic imine (C=N–C) groups is 2. The molecule has 1 amide bonds. The highest BCUT2D eigenvalue weighted by Crippen LogP contribution is 2.49. The van der Waals surface area contributed by atoms with Crippen molar-refractivity contribution in [3.05, 3.63) is 64.7 Å². The van der Waals surface area contributed by atoms with Gasteiger partial charge in [0.25, 0.3) is 0 Å². The van der Waals surface area contributed by atoms with Crippen molar-refractivity contribution in [3.63, 3.8) is 0 Å². The number of nitrogens with one attached hydrogen (secondary N) is 1. The third-order valence-corrected chi connectivity index (χ3v) is 5.96. The second-order valence-electron chi connectivity index (χ2n) is 7.94. The summed E-state index contributed by atoms with van der Waals surface area (Å²) in [6, 6.07) is 8.03. The summed E-state index contributed by atoms with van der Waals surface area (Å²) in [5, 5.41) is 13.0. The number of nitrogens with zero attached hydrogens (tertiary/aromatic N) is 2. The van der Waals surface area contributed by atoms with E-state index in [-0.39, 0.29) is 53.8 Å². The van der Waals surface area contributed by atoms with Crippen LogP contribution in [0.3, 0.4) is 0 Å². The average Bonchev–Trinajstić information content (AvgIpc) is 3.07. The molecule has 1 aliphatic rings. The van der Waals surface area contributed by atoms with Gasteiger partial charge in [-0.1, -0.05) is 19.1 Å². The van der Waals surface area contributed by atoms with Gasteiger partial charge in [-0.15, -0.1) is 0 Å². The molecule has 7 nitrogen and oxygen atoms in total. The smallest absolute Gasteiger partial charge is 0.220 e. The quantitative estimate of drug-likeness (QED) is 0.531. The number of halogens is 1. The number of phenolic OH excluding ortho intramolecular Hbond substituents is 1. The SMILES string of the molecule is C=N/C=C(/CNC(=O)CC1c2cc(F)ccc2/C(=C\c2cc(OC)c(O)c(OC)c2)C1C)N=C. The van der Waals surface area contributed by atoms with Gasteiger partial charge in [0.1, 0.15) is 5.82 Å². The molecule has 3 rings (SSSR count). The zero-order valence-electron chi connectivity index (χ0n) is 19.5. The van der Waals surface area contributed by atoms with E-state index in [2.05, 4.69) is 28.7 Å². The summed E-state index contributed by atoms with van der Waals surface area (Å²) in [6.07, 6.45) is 3.54. The molecule has 2 aromatic carbocycles. The number of methoxy groups -OCH3 is 2. The predicted octanol–water partition coefficient (Wildman–Crippen LogP) is 4.57. The molecule has 0 spiro atoms. The highest BCUT2D eigenvalue weighted by molar-refractivity contribution is 5.89. The lowest BCUT2D eigenvalue weighted by molar-refractivity contribution is -0.121. The number of fused-ring (bicyclic) bond motifs is 1. The lowest BCUT2D eigenvalue weighted by Crippen LogP contribution is -2.27. The number of allylic oxidation sites excluding steroid dienone is 1. The van der Waals surface area contributed by atoms with Crippen molar-refractivity contribution >= 4 is 31.0 Å². The fourth-order valence-electron chi connectivity index (χ4n) is 4.22. The van der Waals surface area contributed by atoms with Crippen molar-refractivity contribution in [2.24, 2.45) is 15.9 Å². The summed E-state index contributed by atoms with van der Waals surface area (Å²) in [5.41, 5.74) is 3.84. The first-order chi connectivity index (χ1) is 16.3. The van der Waals surface area contributed by atoms with Gasteiger partial charge >= 0.3 is 0 Å². The molecular formula is C26H28FN3O4. The Hall–Kier alpha value is -3.94. The molecule has 0 radical (unpaired) electrons. The van der Waals surface area contributed by atoms with Crippen LogP contribution >= 0.6 is 0 Å². The molecule has 0 aliphatic heterocycles. The number of rotatable bonds is 9. The molecule has 34 heavy (non-hydrogen) atoms. The van der Waals surface area contributed by atoms with E-state index in [0.717, 1.165) is 22.3 Å². The van der Waals surface area contributed by atoms with Crippen LogP contribution in [0.2, 0.25) is 0 Å². The first-order valence-electron chi connectivity index (χ1n) is 10.7. The molecular weight excluding hydrogens is 437 g/mol. The van der Waals surface area contributed by atoms with Crippen LogP contribution in [0.15, 0.2) is 52.2 Å². The van der Waals surface area contributed by atoms with Crippen LogP contribution in [0.25, 0.3) is 11.6 Å². The molecule has 0 aromatic heterocycles. The van der Waals surface area contributed by atoms with E-state index in [1.54, 1.807) is 18.2 Å². The van der Waals surface area contributed by atoms with Crippen LogP contribution in [-0.2, 0) is 4.79 Å². The molecule has 2 unspecified atom stereocenters. The Balaban J connectivity index is 1.94. The van der Waals surface area contributed by atoms with Gasteiger partial charge in [-0.2, -0.15) is 0 Å². The van der Waals surface area contributed by atoms with Crippen molar-refractivity contribution in [2.75, 3.05) is 20.8 Å². The molecule has 0 saturated carbocycles. The second-order valence-corrected chi connectivity index (χ2v) is 7.94. The third-order valence-electron chi connectivity index (χ3n) is 5.96. The largest absolute Gasteiger partial charge is 0.502 e. The average molecular weight is 466 g/mol. The summed E-state index contributed by atoms with van der Waals surface area (Å²) >= 11 is 0. The second kappa shape index (κ2) is 10.8. The Morgan fingerprint density at radius 2 is 1.88 bits per heavy atom. The van der Waals surface area contributed by atoms with Crippen molar-refractivity contribution in [1.82, 2.24) is 5.32 Å². The van der Waals surface area contributed by atoms with Crippen molar-refractivity contribution in [3.8, 4) is 17.2 Å². The van der Waals surface area contributed by atoms with E-state index in [1.165, 1.54) is 32.6 Å². The lowest BCUT2D eigenvalue weighted by atomic mass is 9.88. The maximum absolute atomic E-state index is 14.2. The minimum atomic E-state index is -0.358. The van der Waals surface area contributed by atoms with Gasteiger partial charge in [-0.3, -0.25) is 14.8 Å². The molecule has 0 saturated heterocycles. The number of aromatic hydroxyl groups is 1. The Labute approximate surface area is 198 Å². The van der Waals surface area contributed by atoms with Gasteiger partial charge in [-0.05, 0) is 71.8 Å². The summed E-state index contributed by atoms with van der Waals surface area (Å²) in [5.74, 6) is -0.377. The molecule has 8 heteroatoms. The zero-order valence-corrected chi connectivity index (χ0v) is 19.5. The normalized spacial score (nSPS) is 18.4. The monoisotopic (exact) mass is 465 g/mol.